The Morgan fingerprint density at radius 1 is 1.41 bits per heavy atom. The second-order valence-corrected chi connectivity index (χ2v) is 6.04. The molecule has 0 aromatic carbocycles. The molecule has 1 amide bonds. The Labute approximate surface area is 132 Å². The smallest absolute Gasteiger partial charge is 0.255 e. The summed E-state index contributed by atoms with van der Waals surface area (Å²) in [5.74, 6) is 0.185. The molecule has 1 aliphatic rings. The molecule has 1 unspecified atom stereocenters. The summed E-state index contributed by atoms with van der Waals surface area (Å²) in [5.41, 5.74) is 1.68. The second-order valence-electron chi connectivity index (χ2n) is 5.30. The van der Waals surface area contributed by atoms with Crippen molar-refractivity contribution in [1.82, 2.24) is 4.90 Å². The first kappa shape index (κ1) is 15.0. The van der Waals surface area contributed by atoms with E-state index in [0.29, 0.717) is 31.1 Å². The van der Waals surface area contributed by atoms with E-state index in [1.54, 1.807) is 17.0 Å². The number of furan rings is 1. The van der Waals surface area contributed by atoms with Gasteiger partial charge in [-0.15, -0.1) is 0 Å². The van der Waals surface area contributed by atoms with E-state index in [-0.39, 0.29) is 24.2 Å². The molecule has 3 rings (SSSR count). The van der Waals surface area contributed by atoms with Gasteiger partial charge in [0.1, 0.15) is 0 Å². The zero-order valence-electron chi connectivity index (χ0n) is 12.3. The maximum Gasteiger partial charge on any atom is 0.255 e. The SMILES string of the molecule is Cc1cscc1C(=O)N1CCOCC1CC(=O)c1ccco1. The van der Waals surface area contributed by atoms with Crippen LogP contribution in [0.25, 0.3) is 0 Å². The Morgan fingerprint density at radius 3 is 2.95 bits per heavy atom. The maximum absolute atomic E-state index is 12.7. The summed E-state index contributed by atoms with van der Waals surface area (Å²) in [7, 11) is 0. The Bertz CT molecular complexity index is 662. The summed E-state index contributed by atoms with van der Waals surface area (Å²) >= 11 is 1.51. The van der Waals surface area contributed by atoms with E-state index in [0.717, 1.165) is 5.56 Å². The molecule has 1 fully saturated rings. The summed E-state index contributed by atoms with van der Waals surface area (Å²) in [5, 5.41) is 3.81. The highest BCUT2D eigenvalue weighted by Gasteiger charge is 2.31. The first-order valence-corrected chi connectivity index (χ1v) is 8.09. The van der Waals surface area contributed by atoms with Crippen molar-refractivity contribution in [2.75, 3.05) is 19.8 Å². The van der Waals surface area contributed by atoms with Gasteiger partial charge in [-0.3, -0.25) is 9.59 Å². The van der Waals surface area contributed by atoms with Gasteiger partial charge in [0.05, 0.1) is 31.1 Å². The number of amides is 1. The third-order valence-electron chi connectivity index (χ3n) is 3.79. The lowest BCUT2D eigenvalue weighted by Crippen LogP contribution is -2.49. The van der Waals surface area contributed by atoms with E-state index in [4.69, 9.17) is 9.15 Å². The Morgan fingerprint density at radius 2 is 2.27 bits per heavy atom. The highest BCUT2D eigenvalue weighted by atomic mass is 32.1. The van der Waals surface area contributed by atoms with E-state index in [1.165, 1.54) is 17.6 Å². The number of hydrogen-bond donors (Lipinski definition) is 0. The maximum atomic E-state index is 12.7. The van der Waals surface area contributed by atoms with Crippen molar-refractivity contribution < 1.29 is 18.7 Å². The largest absolute Gasteiger partial charge is 0.461 e. The number of carbonyl (C=O) groups is 2. The fourth-order valence-corrected chi connectivity index (χ4v) is 3.40. The minimum Gasteiger partial charge on any atom is -0.461 e. The number of ether oxygens (including phenoxy) is 1. The summed E-state index contributed by atoms with van der Waals surface area (Å²) in [4.78, 5) is 26.7. The van der Waals surface area contributed by atoms with Gasteiger partial charge in [0.2, 0.25) is 0 Å². The highest BCUT2D eigenvalue weighted by Crippen LogP contribution is 2.21. The molecule has 3 heterocycles. The number of carbonyl (C=O) groups excluding carboxylic acids is 2. The fraction of sp³-hybridized carbons (Fsp3) is 0.375. The number of aryl methyl sites for hydroxylation is 1. The van der Waals surface area contributed by atoms with Crippen LogP contribution in [0, 0.1) is 6.92 Å². The lowest BCUT2D eigenvalue weighted by molar-refractivity contribution is -0.00304. The highest BCUT2D eigenvalue weighted by molar-refractivity contribution is 7.08. The number of hydrogen-bond acceptors (Lipinski definition) is 5. The number of nitrogens with zero attached hydrogens (tertiary/aromatic N) is 1. The van der Waals surface area contributed by atoms with Gasteiger partial charge in [-0.25, -0.2) is 0 Å². The van der Waals surface area contributed by atoms with E-state index in [2.05, 4.69) is 0 Å². The first-order valence-electron chi connectivity index (χ1n) is 7.15. The van der Waals surface area contributed by atoms with Crippen molar-refractivity contribution in [3.05, 3.63) is 46.0 Å². The van der Waals surface area contributed by atoms with Crippen molar-refractivity contribution in [2.24, 2.45) is 0 Å². The van der Waals surface area contributed by atoms with Crippen molar-refractivity contribution in [2.45, 2.75) is 19.4 Å². The van der Waals surface area contributed by atoms with Crippen LogP contribution in [0.1, 0.15) is 32.9 Å². The zero-order valence-corrected chi connectivity index (χ0v) is 13.1. The molecule has 5 nitrogen and oxygen atoms in total. The average Bonchev–Trinajstić information content (AvgIpc) is 3.18. The minimum atomic E-state index is -0.252. The van der Waals surface area contributed by atoms with Gasteiger partial charge in [-0.2, -0.15) is 11.3 Å². The zero-order chi connectivity index (χ0) is 15.5. The third kappa shape index (κ3) is 2.98. The molecule has 22 heavy (non-hydrogen) atoms. The lowest BCUT2D eigenvalue weighted by atomic mass is 10.0. The molecule has 0 N–H and O–H groups in total. The molecule has 6 heteroatoms. The van der Waals surface area contributed by atoms with Crippen LogP contribution in [0.3, 0.4) is 0 Å². The summed E-state index contributed by atoms with van der Waals surface area (Å²) in [6.45, 7) is 3.30. The van der Waals surface area contributed by atoms with Crippen LogP contribution >= 0.6 is 11.3 Å². The molecule has 2 aromatic rings. The number of rotatable bonds is 4. The van der Waals surface area contributed by atoms with E-state index in [9.17, 15) is 9.59 Å². The fourth-order valence-electron chi connectivity index (χ4n) is 2.58. The van der Waals surface area contributed by atoms with Crippen molar-refractivity contribution in [3.63, 3.8) is 0 Å². The van der Waals surface area contributed by atoms with Crippen molar-refractivity contribution >= 4 is 23.0 Å². The predicted octanol–water partition coefficient (Wildman–Crippen LogP) is 2.76. The standard InChI is InChI=1S/C16H17NO4S/c1-11-9-22-10-13(11)16(19)17-4-6-20-8-12(17)7-14(18)15-3-2-5-21-15/h2-3,5,9-10,12H,4,6-8H2,1H3. The first-order chi connectivity index (χ1) is 10.7. The molecule has 0 saturated carbocycles. The normalized spacial score (nSPS) is 18.4. The van der Waals surface area contributed by atoms with Crippen molar-refractivity contribution in [3.8, 4) is 0 Å². The molecule has 0 spiro atoms. The average molecular weight is 319 g/mol. The Balaban J connectivity index is 1.75. The molecule has 0 radical (unpaired) electrons. The Hall–Kier alpha value is -1.92. The molecular formula is C16H17NO4S. The molecule has 1 aliphatic heterocycles. The lowest BCUT2D eigenvalue weighted by Gasteiger charge is -2.35. The summed E-state index contributed by atoms with van der Waals surface area (Å²) in [6, 6.07) is 3.07. The minimum absolute atomic E-state index is 0.0284. The van der Waals surface area contributed by atoms with Gasteiger partial charge >= 0.3 is 0 Å². The van der Waals surface area contributed by atoms with Crippen molar-refractivity contribution in [1.29, 1.82) is 0 Å². The molecule has 116 valence electrons. The van der Waals surface area contributed by atoms with E-state index in [1.807, 2.05) is 17.7 Å². The van der Waals surface area contributed by atoms with Gasteiger partial charge in [0, 0.05) is 18.3 Å². The molecular weight excluding hydrogens is 302 g/mol. The molecule has 1 atom stereocenters. The number of Topliss-reactive ketones (excluding diaryl/α,β-unsaturated/α-hetero) is 1. The van der Waals surface area contributed by atoms with Crippen LogP contribution < -0.4 is 0 Å². The second kappa shape index (κ2) is 6.46. The van der Waals surface area contributed by atoms with Crippen LogP contribution in [0.15, 0.2) is 33.6 Å². The number of ketones is 1. The summed E-state index contributed by atoms with van der Waals surface area (Å²) in [6.07, 6.45) is 1.69. The van der Waals surface area contributed by atoms with Crippen LogP contribution in [0.4, 0.5) is 0 Å². The van der Waals surface area contributed by atoms with Gasteiger partial charge in [0.15, 0.2) is 11.5 Å². The quantitative estimate of drug-likeness (QED) is 0.813. The van der Waals surface area contributed by atoms with Crippen LogP contribution in [0.2, 0.25) is 0 Å². The van der Waals surface area contributed by atoms with E-state index < -0.39 is 0 Å². The molecule has 2 aromatic heterocycles. The van der Waals surface area contributed by atoms with E-state index >= 15 is 0 Å². The number of thiophene rings is 1. The molecule has 1 saturated heterocycles. The monoisotopic (exact) mass is 319 g/mol. The number of morpholine rings is 1. The van der Waals surface area contributed by atoms with Gasteiger partial charge in [0.25, 0.3) is 5.91 Å². The predicted molar refractivity (Wildman–Crippen MR) is 82.4 cm³/mol. The van der Waals surface area contributed by atoms with Gasteiger partial charge in [-0.05, 0) is 30.0 Å². The summed E-state index contributed by atoms with van der Waals surface area (Å²) < 4.78 is 10.6. The third-order valence-corrected chi connectivity index (χ3v) is 4.65. The van der Waals surface area contributed by atoms with Gasteiger partial charge < -0.3 is 14.1 Å². The van der Waals surface area contributed by atoms with Crippen LogP contribution in [-0.2, 0) is 4.74 Å². The molecule has 0 aliphatic carbocycles. The van der Waals surface area contributed by atoms with Gasteiger partial charge in [-0.1, -0.05) is 0 Å². The van der Waals surface area contributed by atoms with Crippen LogP contribution in [0.5, 0.6) is 0 Å². The van der Waals surface area contributed by atoms with Crippen LogP contribution in [-0.4, -0.2) is 42.4 Å². The topological polar surface area (TPSA) is 59.8 Å². The Kier molecular flexibility index (Phi) is 4.40. The molecule has 0 bridgehead atoms.